The Bertz CT molecular complexity index is 329. The van der Waals surface area contributed by atoms with Crippen molar-refractivity contribution in [2.75, 3.05) is 11.9 Å². The molecule has 1 rings (SSSR count). The zero-order chi connectivity index (χ0) is 12.9. The van der Waals surface area contributed by atoms with Crippen LogP contribution in [0.4, 0.5) is 0 Å². The van der Waals surface area contributed by atoms with Gasteiger partial charge in [0, 0.05) is 17.0 Å². The highest BCUT2D eigenvalue weighted by Crippen LogP contribution is 2.24. The molecule has 96 valence electrons. The molecule has 0 aliphatic carbocycles. The maximum absolute atomic E-state index is 5.89. The van der Waals surface area contributed by atoms with Gasteiger partial charge in [-0.05, 0) is 50.8 Å². The van der Waals surface area contributed by atoms with Crippen molar-refractivity contribution in [1.29, 1.82) is 0 Å². The molecule has 0 N–H and O–H groups in total. The van der Waals surface area contributed by atoms with Crippen molar-refractivity contribution < 1.29 is 4.74 Å². The van der Waals surface area contributed by atoms with Gasteiger partial charge in [0.05, 0.1) is 5.60 Å². The summed E-state index contributed by atoms with van der Waals surface area (Å²) in [5.41, 5.74) is 1.25. The second-order valence-corrected chi connectivity index (χ2v) is 6.24. The highest BCUT2D eigenvalue weighted by atomic mass is 79.9. The van der Waals surface area contributed by atoms with Crippen LogP contribution in [-0.4, -0.2) is 17.5 Å². The summed E-state index contributed by atoms with van der Waals surface area (Å²) in [5, 5.41) is 1.73. The molecule has 0 radical (unpaired) electrons. The fraction of sp³-hybridized carbons (Fsp3) is 0.571. The highest BCUT2D eigenvalue weighted by Gasteiger charge is 2.14. The SMILES string of the molecule is CC(C)(C)OCCC(CBr)c1ccc(Cl)cc1. The Hall–Kier alpha value is -0.0500. The van der Waals surface area contributed by atoms with E-state index in [1.54, 1.807) is 0 Å². The second kappa shape index (κ2) is 6.77. The average Bonchev–Trinajstić information content (AvgIpc) is 2.24. The molecule has 0 aliphatic heterocycles. The van der Waals surface area contributed by atoms with Gasteiger partial charge < -0.3 is 4.74 Å². The van der Waals surface area contributed by atoms with Crippen LogP contribution in [-0.2, 0) is 4.74 Å². The third-order valence-corrected chi connectivity index (χ3v) is 3.56. The summed E-state index contributed by atoms with van der Waals surface area (Å²) >= 11 is 9.45. The number of benzene rings is 1. The van der Waals surface area contributed by atoms with Crippen molar-refractivity contribution in [3.05, 3.63) is 34.9 Å². The first-order chi connectivity index (χ1) is 7.92. The van der Waals surface area contributed by atoms with E-state index in [0.717, 1.165) is 23.4 Å². The molecule has 0 spiro atoms. The predicted molar refractivity (Wildman–Crippen MR) is 78.3 cm³/mol. The van der Waals surface area contributed by atoms with E-state index < -0.39 is 0 Å². The Morgan fingerprint density at radius 1 is 1.24 bits per heavy atom. The minimum Gasteiger partial charge on any atom is -0.376 e. The number of alkyl halides is 1. The predicted octanol–water partition coefficient (Wildman–Crippen LogP) is 5.02. The molecule has 3 heteroatoms. The molecule has 0 fully saturated rings. The number of rotatable bonds is 5. The van der Waals surface area contributed by atoms with Crippen LogP contribution in [0.25, 0.3) is 0 Å². The van der Waals surface area contributed by atoms with Crippen LogP contribution in [0.1, 0.15) is 38.7 Å². The van der Waals surface area contributed by atoms with Crippen LogP contribution in [0.2, 0.25) is 5.02 Å². The molecule has 0 bridgehead atoms. The first-order valence-electron chi connectivity index (χ1n) is 5.88. The monoisotopic (exact) mass is 318 g/mol. The number of ether oxygens (including phenoxy) is 1. The zero-order valence-electron chi connectivity index (χ0n) is 10.7. The molecule has 0 aliphatic rings. The third-order valence-electron chi connectivity index (χ3n) is 2.53. The van der Waals surface area contributed by atoms with Crippen LogP contribution in [0.3, 0.4) is 0 Å². The van der Waals surface area contributed by atoms with Gasteiger partial charge in [-0.15, -0.1) is 0 Å². The maximum atomic E-state index is 5.89. The molecule has 0 aromatic heterocycles. The second-order valence-electron chi connectivity index (χ2n) is 5.15. The van der Waals surface area contributed by atoms with Crippen molar-refractivity contribution >= 4 is 27.5 Å². The van der Waals surface area contributed by atoms with E-state index in [1.807, 2.05) is 12.1 Å². The van der Waals surface area contributed by atoms with E-state index in [4.69, 9.17) is 16.3 Å². The lowest BCUT2D eigenvalue weighted by atomic mass is 9.98. The normalized spacial score (nSPS) is 13.7. The molecule has 1 atom stereocenters. The fourth-order valence-electron chi connectivity index (χ4n) is 1.58. The number of halogens is 2. The lowest BCUT2D eigenvalue weighted by molar-refractivity contribution is -0.00559. The Morgan fingerprint density at radius 2 is 1.82 bits per heavy atom. The Balaban J connectivity index is 2.51. The molecular formula is C14H20BrClO. The van der Waals surface area contributed by atoms with Gasteiger partial charge in [-0.25, -0.2) is 0 Å². The smallest absolute Gasteiger partial charge is 0.0598 e. The summed E-state index contributed by atoms with van der Waals surface area (Å²) in [7, 11) is 0. The van der Waals surface area contributed by atoms with E-state index in [9.17, 15) is 0 Å². The van der Waals surface area contributed by atoms with Gasteiger partial charge in [-0.2, -0.15) is 0 Å². The first kappa shape index (κ1) is 15.0. The summed E-state index contributed by atoms with van der Waals surface area (Å²) in [5.74, 6) is 0.481. The number of hydrogen-bond acceptors (Lipinski definition) is 1. The molecule has 0 amide bonds. The van der Waals surface area contributed by atoms with Crippen molar-refractivity contribution in [3.63, 3.8) is 0 Å². The van der Waals surface area contributed by atoms with Crippen LogP contribution in [0, 0.1) is 0 Å². The minimum absolute atomic E-state index is 0.0587. The van der Waals surface area contributed by atoms with Gasteiger partial charge in [0.1, 0.15) is 0 Å². The van der Waals surface area contributed by atoms with E-state index in [2.05, 4.69) is 48.8 Å². The standard InChI is InChI=1S/C14H20BrClO/c1-14(2,3)17-9-8-12(10-15)11-4-6-13(16)7-5-11/h4-7,12H,8-10H2,1-3H3. The lowest BCUT2D eigenvalue weighted by Gasteiger charge is -2.22. The average molecular weight is 320 g/mol. The Morgan fingerprint density at radius 3 is 2.29 bits per heavy atom. The van der Waals surface area contributed by atoms with E-state index in [1.165, 1.54) is 5.56 Å². The molecule has 1 nitrogen and oxygen atoms in total. The summed E-state index contributed by atoms with van der Waals surface area (Å²) in [6.45, 7) is 7.03. The molecule has 17 heavy (non-hydrogen) atoms. The van der Waals surface area contributed by atoms with Gasteiger partial charge in [0.25, 0.3) is 0 Å². The number of hydrogen-bond donors (Lipinski definition) is 0. The molecule has 0 heterocycles. The van der Waals surface area contributed by atoms with Crippen molar-refractivity contribution in [2.45, 2.75) is 38.7 Å². The zero-order valence-corrected chi connectivity index (χ0v) is 13.0. The largest absolute Gasteiger partial charge is 0.376 e. The van der Waals surface area contributed by atoms with E-state index in [-0.39, 0.29) is 5.60 Å². The third kappa shape index (κ3) is 5.89. The molecule has 0 saturated heterocycles. The van der Waals surface area contributed by atoms with Crippen LogP contribution < -0.4 is 0 Å². The fourth-order valence-corrected chi connectivity index (χ4v) is 2.40. The van der Waals surface area contributed by atoms with Crippen LogP contribution in [0.5, 0.6) is 0 Å². The van der Waals surface area contributed by atoms with Gasteiger partial charge in [0.15, 0.2) is 0 Å². The van der Waals surface area contributed by atoms with Crippen LogP contribution >= 0.6 is 27.5 Å². The Kier molecular flexibility index (Phi) is 5.98. The highest BCUT2D eigenvalue weighted by molar-refractivity contribution is 9.09. The summed E-state index contributed by atoms with van der Waals surface area (Å²) in [6, 6.07) is 8.06. The van der Waals surface area contributed by atoms with Crippen molar-refractivity contribution in [1.82, 2.24) is 0 Å². The molecule has 1 aromatic rings. The summed E-state index contributed by atoms with van der Waals surface area (Å²) < 4.78 is 5.76. The molecule has 1 unspecified atom stereocenters. The molecular weight excluding hydrogens is 300 g/mol. The quantitative estimate of drug-likeness (QED) is 0.692. The molecule has 0 saturated carbocycles. The van der Waals surface area contributed by atoms with Gasteiger partial charge in [0.2, 0.25) is 0 Å². The van der Waals surface area contributed by atoms with Crippen molar-refractivity contribution in [2.24, 2.45) is 0 Å². The maximum Gasteiger partial charge on any atom is 0.0598 e. The lowest BCUT2D eigenvalue weighted by Crippen LogP contribution is -2.20. The summed E-state index contributed by atoms with van der Waals surface area (Å²) in [4.78, 5) is 0. The van der Waals surface area contributed by atoms with E-state index >= 15 is 0 Å². The van der Waals surface area contributed by atoms with Crippen molar-refractivity contribution in [3.8, 4) is 0 Å². The van der Waals surface area contributed by atoms with Gasteiger partial charge >= 0.3 is 0 Å². The minimum atomic E-state index is -0.0587. The van der Waals surface area contributed by atoms with Gasteiger partial charge in [-0.1, -0.05) is 39.7 Å². The topological polar surface area (TPSA) is 9.23 Å². The van der Waals surface area contributed by atoms with Crippen LogP contribution in [0.15, 0.2) is 24.3 Å². The van der Waals surface area contributed by atoms with E-state index in [0.29, 0.717) is 5.92 Å². The molecule has 1 aromatic carbocycles. The van der Waals surface area contributed by atoms with Gasteiger partial charge in [-0.3, -0.25) is 0 Å². The Labute approximate surface area is 118 Å². The first-order valence-corrected chi connectivity index (χ1v) is 7.38. The summed E-state index contributed by atoms with van der Waals surface area (Å²) in [6.07, 6.45) is 1.02.